The SMILES string of the molecule is CC(C)(C)OC(=O)NCc1cccc2cn[nH]c12. The van der Waals surface area contributed by atoms with E-state index in [2.05, 4.69) is 15.5 Å². The number of carbonyl (C=O) groups is 1. The highest BCUT2D eigenvalue weighted by atomic mass is 16.6. The number of nitrogens with zero attached hydrogens (tertiary/aromatic N) is 1. The molecule has 0 fully saturated rings. The van der Waals surface area contributed by atoms with Crippen molar-refractivity contribution in [2.24, 2.45) is 0 Å². The van der Waals surface area contributed by atoms with E-state index < -0.39 is 11.7 Å². The number of hydrogen-bond donors (Lipinski definition) is 2. The fraction of sp³-hybridized carbons (Fsp3) is 0.385. The van der Waals surface area contributed by atoms with Crippen molar-refractivity contribution in [2.75, 3.05) is 0 Å². The van der Waals surface area contributed by atoms with Crippen molar-refractivity contribution in [3.8, 4) is 0 Å². The molecule has 0 aliphatic rings. The van der Waals surface area contributed by atoms with Gasteiger partial charge in [-0.2, -0.15) is 5.10 Å². The summed E-state index contributed by atoms with van der Waals surface area (Å²) < 4.78 is 5.18. The van der Waals surface area contributed by atoms with Crippen LogP contribution < -0.4 is 5.32 Å². The fourth-order valence-corrected chi connectivity index (χ4v) is 1.66. The van der Waals surface area contributed by atoms with Crippen molar-refractivity contribution in [2.45, 2.75) is 32.9 Å². The van der Waals surface area contributed by atoms with Crippen LogP contribution in [0.2, 0.25) is 0 Å². The molecule has 5 nitrogen and oxygen atoms in total. The van der Waals surface area contributed by atoms with E-state index in [0.29, 0.717) is 6.54 Å². The normalized spacial score (nSPS) is 11.5. The molecular weight excluding hydrogens is 230 g/mol. The van der Waals surface area contributed by atoms with E-state index >= 15 is 0 Å². The molecule has 0 spiro atoms. The number of fused-ring (bicyclic) bond motifs is 1. The van der Waals surface area contributed by atoms with Crippen LogP contribution in [-0.4, -0.2) is 21.9 Å². The number of alkyl carbamates (subject to hydrolysis) is 1. The average molecular weight is 247 g/mol. The van der Waals surface area contributed by atoms with Crippen molar-refractivity contribution in [1.29, 1.82) is 0 Å². The molecule has 1 amide bonds. The first-order valence-corrected chi connectivity index (χ1v) is 5.83. The molecule has 0 bridgehead atoms. The van der Waals surface area contributed by atoms with E-state index in [9.17, 15) is 4.79 Å². The Bertz CT molecular complexity index is 555. The molecule has 1 heterocycles. The predicted molar refractivity (Wildman–Crippen MR) is 69.2 cm³/mol. The number of aromatic nitrogens is 2. The molecule has 2 rings (SSSR count). The lowest BCUT2D eigenvalue weighted by atomic mass is 10.1. The van der Waals surface area contributed by atoms with Gasteiger partial charge in [-0.05, 0) is 26.3 Å². The summed E-state index contributed by atoms with van der Waals surface area (Å²) in [7, 11) is 0. The van der Waals surface area contributed by atoms with Gasteiger partial charge < -0.3 is 10.1 Å². The molecule has 0 atom stereocenters. The molecule has 0 aliphatic heterocycles. The summed E-state index contributed by atoms with van der Waals surface area (Å²) in [4.78, 5) is 11.5. The zero-order valence-electron chi connectivity index (χ0n) is 10.8. The van der Waals surface area contributed by atoms with Crippen molar-refractivity contribution in [1.82, 2.24) is 15.5 Å². The summed E-state index contributed by atoms with van der Waals surface area (Å²) in [6.07, 6.45) is 1.34. The minimum atomic E-state index is -0.482. The van der Waals surface area contributed by atoms with E-state index in [1.165, 1.54) is 0 Å². The van der Waals surface area contributed by atoms with E-state index in [1.54, 1.807) is 6.20 Å². The molecule has 1 aromatic carbocycles. The molecule has 0 radical (unpaired) electrons. The van der Waals surface area contributed by atoms with Crippen LogP contribution in [0.4, 0.5) is 4.79 Å². The third-order valence-electron chi connectivity index (χ3n) is 2.39. The molecule has 96 valence electrons. The summed E-state index contributed by atoms with van der Waals surface area (Å²) in [5.41, 5.74) is 1.44. The number of benzene rings is 1. The van der Waals surface area contributed by atoms with Crippen molar-refractivity contribution < 1.29 is 9.53 Å². The van der Waals surface area contributed by atoms with Crippen LogP contribution in [-0.2, 0) is 11.3 Å². The first-order valence-electron chi connectivity index (χ1n) is 5.83. The number of ether oxygens (including phenoxy) is 1. The summed E-state index contributed by atoms with van der Waals surface area (Å²) in [5, 5.41) is 10.7. The number of rotatable bonds is 2. The molecule has 0 saturated carbocycles. The Hall–Kier alpha value is -2.04. The first kappa shape index (κ1) is 12.4. The number of H-pyrrole nitrogens is 1. The van der Waals surface area contributed by atoms with Gasteiger partial charge in [0.2, 0.25) is 0 Å². The first-order chi connectivity index (χ1) is 8.46. The number of amides is 1. The maximum absolute atomic E-state index is 11.5. The lowest BCUT2D eigenvalue weighted by Crippen LogP contribution is -2.32. The summed E-state index contributed by atoms with van der Waals surface area (Å²) in [5.74, 6) is 0. The van der Waals surface area contributed by atoms with E-state index in [-0.39, 0.29) is 0 Å². The van der Waals surface area contributed by atoms with Crippen molar-refractivity contribution >= 4 is 17.0 Å². The Kier molecular flexibility index (Phi) is 3.23. The lowest BCUT2D eigenvalue weighted by molar-refractivity contribution is 0.0524. The maximum atomic E-state index is 11.5. The average Bonchev–Trinajstić information content (AvgIpc) is 2.72. The summed E-state index contributed by atoms with van der Waals surface area (Å²) in [6.45, 7) is 5.92. The van der Waals surface area contributed by atoms with Crippen LogP contribution in [0.3, 0.4) is 0 Å². The van der Waals surface area contributed by atoms with E-state index in [1.807, 2.05) is 39.0 Å². The number of aromatic amines is 1. The van der Waals surface area contributed by atoms with Gasteiger partial charge in [0.25, 0.3) is 0 Å². The van der Waals surface area contributed by atoms with Gasteiger partial charge in [-0.1, -0.05) is 18.2 Å². The van der Waals surface area contributed by atoms with Crippen LogP contribution in [0.25, 0.3) is 10.9 Å². The van der Waals surface area contributed by atoms with Crippen molar-refractivity contribution in [3.63, 3.8) is 0 Å². The minimum absolute atomic E-state index is 0.411. The number of para-hydroxylation sites is 1. The van der Waals surface area contributed by atoms with Gasteiger partial charge in [0.1, 0.15) is 5.60 Å². The molecule has 1 aromatic heterocycles. The Morgan fingerprint density at radius 3 is 2.94 bits per heavy atom. The Morgan fingerprint density at radius 1 is 1.44 bits per heavy atom. The molecule has 2 aromatic rings. The second kappa shape index (κ2) is 4.68. The zero-order chi connectivity index (χ0) is 13.2. The summed E-state index contributed by atoms with van der Waals surface area (Å²) >= 11 is 0. The Labute approximate surface area is 106 Å². The highest BCUT2D eigenvalue weighted by Crippen LogP contribution is 2.15. The third-order valence-corrected chi connectivity index (χ3v) is 2.39. The van der Waals surface area contributed by atoms with Gasteiger partial charge in [0.05, 0.1) is 11.7 Å². The molecule has 0 saturated heterocycles. The standard InChI is InChI=1S/C13H17N3O2/c1-13(2,3)18-12(17)14-7-9-5-4-6-10-8-15-16-11(9)10/h4-6,8H,7H2,1-3H3,(H,14,17)(H,15,16). The van der Waals surface area contributed by atoms with Gasteiger partial charge in [-0.15, -0.1) is 0 Å². The molecular formula is C13H17N3O2. The maximum Gasteiger partial charge on any atom is 0.407 e. The smallest absolute Gasteiger partial charge is 0.407 e. The third kappa shape index (κ3) is 3.00. The van der Waals surface area contributed by atoms with Gasteiger partial charge in [0, 0.05) is 11.9 Å². The summed E-state index contributed by atoms with van der Waals surface area (Å²) in [6, 6.07) is 5.84. The number of carbonyl (C=O) groups excluding carboxylic acids is 1. The monoisotopic (exact) mass is 247 g/mol. The molecule has 0 unspecified atom stereocenters. The zero-order valence-corrected chi connectivity index (χ0v) is 10.8. The van der Waals surface area contributed by atoms with Crippen LogP contribution in [0.5, 0.6) is 0 Å². The van der Waals surface area contributed by atoms with Gasteiger partial charge in [-0.3, -0.25) is 5.10 Å². The fourth-order valence-electron chi connectivity index (χ4n) is 1.66. The van der Waals surface area contributed by atoms with Gasteiger partial charge in [-0.25, -0.2) is 4.79 Å². The van der Waals surface area contributed by atoms with Gasteiger partial charge >= 0.3 is 6.09 Å². The molecule has 18 heavy (non-hydrogen) atoms. The van der Waals surface area contributed by atoms with Crippen molar-refractivity contribution in [3.05, 3.63) is 30.0 Å². The number of hydrogen-bond acceptors (Lipinski definition) is 3. The number of nitrogens with one attached hydrogen (secondary N) is 2. The second-order valence-corrected chi connectivity index (χ2v) is 5.11. The van der Waals surface area contributed by atoms with Crippen LogP contribution >= 0.6 is 0 Å². The van der Waals surface area contributed by atoms with Crippen LogP contribution in [0.1, 0.15) is 26.3 Å². The topological polar surface area (TPSA) is 67.0 Å². The Balaban J connectivity index is 2.02. The largest absolute Gasteiger partial charge is 0.444 e. The lowest BCUT2D eigenvalue weighted by Gasteiger charge is -2.19. The Morgan fingerprint density at radius 2 is 2.22 bits per heavy atom. The highest BCUT2D eigenvalue weighted by Gasteiger charge is 2.16. The van der Waals surface area contributed by atoms with E-state index in [0.717, 1.165) is 16.5 Å². The second-order valence-electron chi connectivity index (χ2n) is 5.11. The van der Waals surface area contributed by atoms with Crippen LogP contribution in [0.15, 0.2) is 24.4 Å². The van der Waals surface area contributed by atoms with Gasteiger partial charge in [0.15, 0.2) is 0 Å². The minimum Gasteiger partial charge on any atom is -0.444 e. The molecule has 5 heteroatoms. The quantitative estimate of drug-likeness (QED) is 0.857. The highest BCUT2D eigenvalue weighted by molar-refractivity contribution is 5.81. The molecule has 2 N–H and O–H groups in total. The van der Waals surface area contributed by atoms with E-state index in [4.69, 9.17) is 4.74 Å². The van der Waals surface area contributed by atoms with Crippen LogP contribution in [0, 0.1) is 0 Å². The predicted octanol–water partition coefficient (Wildman–Crippen LogP) is 2.59. The molecule has 0 aliphatic carbocycles.